The van der Waals surface area contributed by atoms with Crippen LogP contribution in [0.25, 0.3) is 0 Å². The van der Waals surface area contributed by atoms with Crippen LogP contribution in [-0.4, -0.2) is 13.0 Å². The minimum absolute atomic E-state index is 0.00413. The number of thiophene rings is 1. The fraction of sp³-hybridized carbons (Fsp3) is 0.190. The zero-order chi connectivity index (χ0) is 18.8. The van der Waals surface area contributed by atoms with Crippen LogP contribution in [0.3, 0.4) is 0 Å². The highest BCUT2D eigenvalue weighted by Gasteiger charge is 2.28. The third kappa shape index (κ3) is 3.53. The Labute approximate surface area is 160 Å². The fourth-order valence-corrected chi connectivity index (χ4v) is 4.22. The Bertz CT molecular complexity index is 985. The van der Waals surface area contributed by atoms with Crippen molar-refractivity contribution in [3.8, 4) is 11.5 Å². The Kier molecular flexibility index (Phi) is 4.81. The summed E-state index contributed by atoms with van der Waals surface area (Å²) in [6, 6.07) is 14.1. The van der Waals surface area contributed by atoms with Crippen molar-refractivity contribution in [2.45, 2.75) is 18.9 Å². The van der Waals surface area contributed by atoms with Crippen molar-refractivity contribution in [2.24, 2.45) is 0 Å². The third-order valence-electron chi connectivity index (χ3n) is 4.61. The first kappa shape index (κ1) is 17.5. The lowest BCUT2D eigenvalue weighted by Gasteiger charge is -2.23. The van der Waals surface area contributed by atoms with Gasteiger partial charge in [-0.25, -0.2) is 4.39 Å². The number of methoxy groups -OCH3 is 1. The molecular formula is C21H18FNO3S. The average Bonchev–Trinajstić information content (AvgIpc) is 3.15. The monoisotopic (exact) mass is 383 g/mol. The summed E-state index contributed by atoms with van der Waals surface area (Å²) in [5, 5.41) is 4.88. The number of fused-ring (bicyclic) bond motifs is 1. The molecule has 1 N–H and O–H groups in total. The van der Waals surface area contributed by atoms with E-state index in [1.54, 1.807) is 36.6 Å². The molecule has 1 amide bonds. The molecule has 0 saturated heterocycles. The predicted molar refractivity (Wildman–Crippen MR) is 103 cm³/mol. The summed E-state index contributed by atoms with van der Waals surface area (Å²) >= 11 is 1.62. The highest BCUT2D eigenvalue weighted by atomic mass is 32.1. The van der Waals surface area contributed by atoms with Crippen LogP contribution < -0.4 is 14.8 Å². The molecule has 0 radical (unpaired) electrons. The molecule has 0 aliphatic carbocycles. The third-order valence-corrected chi connectivity index (χ3v) is 5.64. The Balaban J connectivity index is 1.64. The van der Waals surface area contributed by atoms with Crippen LogP contribution in [0.2, 0.25) is 0 Å². The van der Waals surface area contributed by atoms with Gasteiger partial charge in [0.15, 0.2) is 11.5 Å². The van der Waals surface area contributed by atoms with E-state index in [0.29, 0.717) is 23.5 Å². The number of hydrogen-bond donors (Lipinski definition) is 1. The number of rotatable bonds is 5. The zero-order valence-electron chi connectivity index (χ0n) is 14.7. The van der Waals surface area contributed by atoms with Gasteiger partial charge in [-0.1, -0.05) is 24.3 Å². The number of anilines is 1. The second kappa shape index (κ2) is 7.40. The van der Waals surface area contributed by atoms with Crippen molar-refractivity contribution < 1.29 is 18.7 Å². The van der Waals surface area contributed by atoms with Gasteiger partial charge in [0.25, 0.3) is 0 Å². The molecule has 27 heavy (non-hydrogen) atoms. The summed E-state index contributed by atoms with van der Waals surface area (Å²) in [6.07, 6.45) is 0.382. The van der Waals surface area contributed by atoms with E-state index in [4.69, 9.17) is 9.47 Å². The number of halogens is 1. The molecule has 4 nitrogen and oxygen atoms in total. The van der Waals surface area contributed by atoms with Crippen LogP contribution in [0, 0.1) is 5.82 Å². The smallest absolute Gasteiger partial charge is 0.225 e. The van der Waals surface area contributed by atoms with Gasteiger partial charge < -0.3 is 14.8 Å². The molecule has 0 spiro atoms. The molecule has 0 unspecified atom stereocenters. The summed E-state index contributed by atoms with van der Waals surface area (Å²) < 4.78 is 25.1. The van der Waals surface area contributed by atoms with Gasteiger partial charge in [0.1, 0.15) is 12.4 Å². The molecule has 2 heterocycles. The van der Waals surface area contributed by atoms with Gasteiger partial charge in [0.05, 0.1) is 12.8 Å². The lowest BCUT2D eigenvalue weighted by Crippen LogP contribution is -2.22. The molecule has 4 rings (SSSR count). The number of nitrogens with one attached hydrogen (secondary N) is 1. The van der Waals surface area contributed by atoms with Crippen molar-refractivity contribution in [3.05, 3.63) is 75.7 Å². The second-order valence-corrected chi connectivity index (χ2v) is 7.24. The van der Waals surface area contributed by atoms with E-state index in [2.05, 4.69) is 5.32 Å². The number of ether oxygens (including phenoxy) is 2. The second-order valence-electron chi connectivity index (χ2n) is 6.29. The summed E-state index contributed by atoms with van der Waals surface area (Å²) in [7, 11) is 1.57. The minimum Gasteiger partial charge on any atom is -0.493 e. The van der Waals surface area contributed by atoms with Gasteiger partial charge in [-0.2, -0.15) is 0 Å². The molecule has 1 aliphatic heterocycles. The number of carbonyl (C=O) groups is 1. The molecular weight excluding hydrogens is 365 g/mol. The molecule has 1 atom stereocenters. The molecule has 1 aliphatic rings. The van der Waals surface area contributed by atoms with Crippen molar-refractivity contribution in [1.82, 2.24) is 0 Å². The predicted octanol–water partition coefficient (Wildman–Crippen LogP) is 4.95. The molecule has 138 valence electrons. The molecule has 3 aromatic rings. The van der Waals surface area contributed by atoms with E-state index >= 15 is 0 Å². The van der Waals surface area contributed by atoms with Crippen molar-refractivity contribution in [2.75, 3.05) is 12.4 Å². The molecule has 2 aromatic carbocycles. The quantitative estimate of drug-likeness (QED) is 0.678. The number of benzene rings is 2. The largest absolute Gasteiger partial charge is 0.493 e. The van der Waals surface area contributed by atoms with Crippen LogP contribution in [0.5, 0.6) is 11.5 Å². The Hall–Kier alpha value is -2.86. The van der Waals surface area contributed by atoms with Crippen LogP contribution in [0.4, 0.5) is 10.1 Å². The Morgan fingerprint density at radius 1 is 1.19 bits per heavy atom. The normalized spacial score (nSPS) is 15.8. The number of carbonyl (C=O) groups excluding carboxylic acids is 1. The van der Waals surface area contributed by atoms with E-state index in [0.717, 1.165) is 16.1 Å². The summed E-state index contributed by atoms with van der Waals surface area (Å²) in [6.45, 7) is 0.0991. The fourth-order valence-electron chi connectivity index (χ4n) is 3.24. The summed E-state index contributed by atoms with van der Waals surface area (Å²) in [5.41, 5.74) is 2.31. The molecule has 0 bridgehead atoms. The molecule has 0 saturated carbocycles. The van der Waals surface area contributed by atoms with Crippen LogP contribution in [-0.2, 0) is 11.4 Å². The molecule has 1 aromatic heterocycles. The van der Waals surface area contributed by atoms with E-state index < -0.39 is 0 Å². The first-order valence-electron chi connectivity index (χ1n) is 8.57. The molecule has 0 fully saturated rings. The number of amides is 1. The lowest BCUT2D eigenvalue weighted by atomic mass is 9.90. The van der Waals surface area contributed by atoms with Crippen LogP contribution in [0.1, 0.15) is 28.3 Å². The van der Waals surface area contributed by atoms with Crippen molar-refractivity contribution >= 4 is 22.9 Å². The standard InChI is InChI=1S/C21H18FNO3S/c1-25-18-7-6-13(15-11-20(24)23-17-8-9-27-21(15)17)10-19(18)26-12-14-4-2-3-5-16(14)22/h2-10,15H,11-12H2,1H3,(H,23,24)/t15-/m1/s1. The zero-order valence-corrected chi connectivity index (χ0v) is 15.5. The number of hydrogen-bond acceptors (Lipinski definition) is 4. The van der Waals surface area contributed by atoms with E-state index in [9.17, 15) is 9.18 Å². The Morgan fingerprint density at radius 2 is 2.04 bits per heavy atom. The highest BCUT2D eigenvalue weighted by Crippen LogP contribution is 2.42. The average molecular weight is 383 g/mol. The minimum atomic E-state index is -0.306. The van der Waals surface area contributed by atoms with Gasteiger partial charge in [0, 0.05) is 22.8 Å². The van der Waals surface area contributed by atoms with Crippen molar-refractivity contribution in [1.29, 1.82) is 0 Å². The van der Waals surface area contributed by atoms with E-state index in [1.165, 1.54) is 6.07 Å². The van der Waals surface area contributed by atoms with Gasteiger partial charge in [-0.05, 0) is 35.2 Å². The van der Waals surface area contributed by atoms with Gasteiger partial charge in [-0.3, -0.25) is 4.79 Å². The lowest BCUT2D eigenvalue weighted by molar-refractivity contribution is -0.116. The van der Waals surface area contributed by atoms with E-state index in [-0.39, 0.29) is 24.2 Å². The Morgan fingerprint density at radius 3 is 2.85 bits per heavy atom. The van der Waals surface area contributed by atoms with Gasteiger partial charge in [0.2, 0.25) is 5.91 Å². The summed E-state index contributed by atoms with van der Waals surface area (Å²) in [5.74, 6) is 0.759. The highest BCUT2D eigenvalue weighted by molar-refractivity contribution is 7.10. The maximum absolute atomic E-state index is 13.9. The maximum atomic E-state index is 13.9. The summed E-state index contributed by atoms with van der Waals surface area (Å²) in [4.78, 5) is 13.2. The first-order valence-corrected chi connectivity index (χ1v) is 9.45. The van der Waals surface area contributed by atoms with E-state index in [1.807, 2.05) is 29.6 Å². The SMILES string of the molecule is COc1ccc([C@H]2CC(=O)Nc3ccsc32)cc1OCc1ccccc1F. The maximum Gasteiger partial charge on any atom is 0.225 e. The van der Waals surface area contributed by atoms with Gasteiger partial charge in [-0.15, -0.1) is 11.3 Å². The van der Waals surface area contributed by atoms with Crippen molar-refractivity contribution in [3.63, 3.8) is 0 Å². The molecule has 6 heteroatoms. The van der Waals surface area contributed by atoms with Crippen LogP contribution in [0.15, 0.2) is 53.9 Å². The topological polar surface area (TPSA) is 47.6 Å². The van der Waals surface area contributed by atoms with Gasteiger partial charge >= 0.3 is 0 Å². The van der Waals surface area contributed by atoms with Crippen LogP contribution >= 0.6 is 11.3 Å². The first-order chi connectivity index (χ1) is 13.2.